The highest BCUT2D eigenvalue weighted by atomic mass is 28.3. The van der Waals surface area contributed by atoms with E-state index in [9.17, 15) is 0 Å². The molecular weight excluding hydrogens is 312 g/mol. The fourth-order valence-corrected chi connectivity index (χ4v) is 3.72. The Labute approximate surface area is 146 Å². The van der Waals surface area contributed by atoms with E-state index in [1.165, 1.54) is 24.0 Å². The standard InChI is InChI=1S/C20H26N2OSi/c1-16-11-12-19(23-24(2)3)18(15-16)21-20(22-13-7-8-14-22)17-9-5-4-6-10-17/h4-6,9-12,15,24H,7-8,13-14H2,1-3H3. The summed E-state index contributed by atoms with van der Waals surface area (Å²) in [5, 5.41) is 0. The third kappa shape index (κ3) is 4.06. The number of hydrogen-bond acceptors (Lipinski definition) is 2. The van der Waals surface area contributed by atoms with Crippen molar-refractivity contribution in [3.63, 3.8) is 0 Å². The summed E-state index contributed by atoms with van der Waals surface area (Å²) in [6.07, 6.45) is 2.48. The van der Waals surface area contributed by atoms with Crippen molar-refractivity contribution in [1.82, 2.24) is 4.90 Å². The first-order valence-corrected chi connectivity index (χ1v) is 11.6. The van der Waals surface area contributed by atoms with Crippen molar-refractivity contribution in [3.05, 3.63) is 59.7 Å². The van der Waals surface area contributed by atoms with E-state index in [2.05, 4.69) is 73.4 Å². The van der Waals surface area contributed by atoms with Gasteiger partial charge in [-0.1, -0.05) is 36.4 Å². The highest BCUT2D eigenvalue weighted by Gasteiger charge is 2.19. The predicted octanol–water partition coefficient (Wildman–Crippen LogP) is 4.53. The van der Waals surface area contributed by atoms with Crippen molar-refractivity contribution in [1.29, 1.82) is 0 Å². The molecule has 0 N–H and O–H groups in total. The lowest BCUT2D eigenvalue weighted by molar-refractivity contribution is 0.520. The Morgan fingerprint density at radius 3 is 2.42 bits per heavy atom. The summed E-state index contributed by atoms with van der Waals surface area (Å²) in [6.45, 7) is 8.63. The Kier molecular flexibility index (Phi) is 5.36. The van der Waals surface area contributed by atoms with Crippen molar-refractivity contribution in [2.24, 2.45) is 4.99 Å². The Morgan fingerprint density at radius 2 is 1.75 bits per heavy atom. The molecule has 0 amide bonds. The number of likely N-dealkylation sites (tertiary alicyclic amines) is 1. The first-order valence-electron chi connectivity index (χ1n) is 8.80. The lowest BCUT2D eigenvalue weighted by atomic mass is 10.1. The van der Waals surface area contributed by atoms with Gasteiger partial charge in [0.05, 0.1) is 0 Å². The number of aliphatic imine (C=N–C) groups is 1. The molecule has 126 valence electrons. The summed E-state index contributed by atoms with van der Waals surface area (Å²) < 4.78 is 6.11. The van der Waals surface area contributed by atoms with Gasteiger partial charge in [-0.05, 0) is 50.6 Å². The molecule has 0 aromatic heterocycles. The molecule has 1 heterocycles. The maximum Gasteiger partial charge on any atom is 0.229 e. The predicted molar refractivity (Wildman–Crippen MR) is 104 cm³/mol. The largest absolute Gasteiger partial charge is 0.546 e. The molecule has 0 radical (unpaired) electrons. The quantitative estimate of drug-likeness (QED) is 0.465. The number of hydrogen-bond donors (Lipinski definition) is 0. The van der Waals surface area contributed by atoms with Crippen LogP contribution in [-0.4, -0.2) is 32.9 Å². The van der Waals surface area contributed by atoms with Crippen LogP contribution < -0.4 is 4.43 Å². The van der Waals surface area contributed by atoms with Gasteiger partial charge in [-0.15, -0.1) is 0 Å². The Hall–Kier alpha value is -2.07. The van der Waals surface area contributed by atoms with E-state index < -0.39 is 9.04 Å². The molecule has 3 nitrogen and oxygen atoms in total. The highest BCUT2D eigenvalue weighted by Crippen LogP contribution is 2.31. The molecule has 0 saturated carbocycles. The normalized spacial score (nSPS) is 15.2. The lowest BCUT2D eigenvalue weighted by Crippen LogP contribution is -2.28. The van der Waals surface area contributed by atoms with Crippen molar-refractivity contribution >= 4 is 20.6 Å². The summed E-state index contributed by atoms with van der Waals surface area (Å²) in [5.41, 5.74) is 3.33. The summed E-state index contributed by atoms with van der Waals surface area (Å²) in [4.78, 5) is 7.46. The van der Waals surface area contributed by atoms with Crippen LogP contribution >= 0.6 is 0 Å². The molecule has 0 unspecified atom stereocenters. The second-order valence-electron chi connectivity index (χ2n) is 6.63. The van der Waals surface area contributed by atoms with E-state index in [1.54, 1.807) is 0 Å². The molecule has 1 aliphatic heterocycles. The van der Waals surface area contributed by atoms with Crippen LogP contribution in [0.5, 0.6) is 5.75 Å². The van der Waals surface area contributed by atoms with Crippen molar-refractivity contribution in [2.45, 2.75) is 32.9 Å². The molecule has 0 atom stereocenters. The van der Waals surface area contributed by atoms with Crippen LogP contribution in [0.25, 0.3) is 0 Å². The molecule has 3 rings (SSSR count). The fourth-order valence-electron chi connectivity index (χ4n) is 3.02. The highest BCUT2D eigenvalue weighted by molar-refractivity contribution is 6.49. The minimum absolute atomic E-state index is 0.912. The summed E-state index contributed by atoms with van der Waals surface area (Å²) in [7, 11) is -1.17. The van der Waals surface area contributed by atoms with Gasteiger partial charge < -0.3 is 9.33 Å². The third-order valence-corrected chi connectivity index (χ3v) is 4.87. The van der Waals surface area contributed by atoms with Crippen LogP contribution in [0.2, 0.25) is 13.1 Å². The Balaban J connectivity index is 2.05. The second kappa shape index (κ2) is 7.66. The van der Waals surface area contributed by atoms with Gasteiger partial charge in [0.15, 0.2) is 0 Å². The van der Waals surface area contributed by atoms with Crippen molar-refractivity contribution < 1.29 is 4.43 Å². The third-order valence-electron chi connectivity index (χ3n) is 4.14. The van der Waals surface area contributed by atoms with Crippen LogP contribution in [0.3, 0.4) is 0 Å². The maximum atomic E-state index is 6.11. The molecule has 1 aliphatic rings. The molecule has 0 bridgehead atoms. The SMILES string of the molecule is Cc1ccc(O[SiH](C)C)c(N=C(c2ccccc2)N2CCCC2)c1. The molecule has 4 heteroatoms. The molecule has 24 heavy (non-hydrogen) atoms. The number of aryl methyl sites for hydroxylation is 1. The van der Waals surface area contributed by atoms with Gasteiger partial charge in [0.25, 0.3) is 0 Å². The zero-order chi connectivity index (χ0) is 16.9. The first kappa shape index (κ1) is 16.8. The van der Waals surface area contributed by atoms with E-state index in [0.717, 1.165) is 30.4 Å². The molecular formula is C20H26N2OSi. The Bertz CT molecular complexity index is 707. The van der Waals surface area contributed by atoms with Crippen LogP contribution in [0.1, 0.15) is 24.0 Å². The molecule has 1 fully saturated rings. The Morgan fingerprint density at radius 1 is 1.04 bits per heavy atom. The van der Waals surface area contributed by atoms with E-state index in [4.69, 9.17) is 9.42 Å². The average Bonchev–Trinajstić information content (AvgIpc) is 3.09. The number of nitrogens with zero attached hydrogens (tertiary/aromatic N) is 2. The molecule has 1 saturated heterocycles. The summed E-state index contributed by atoms with van der Waals surface area (Å²) >= 11 is 0. The van der Waals surface area contributed by atoms with Gasteiger partial charge in [-0.2, -0.15) is 0 Å². The van der Waals surface area contributed by atoms with E-state index >= 15 is 0 Å². The topological polar surface area (TPSA) is 24.8 Å². The first-order chi connectivity index (χ1) is 11.6. The van der Waals surface area contributed by atoms with Gasteiger partial charge in [-0.3, -0.25) is 0 Å². The van der Waals surface area contributed by atoms with Gasteiger partial charge in [0, 0.05) is 18.7 Å². The number of amidine groups is 1. The van der Waals surface area contributed by atoms with Crippen molar-refractivity contribution in [3.8, 4) is 5.75 Å². The molecule has 0 aliphatic carbocycles. The monoisotopic (exact) mass is 338 g/mol. The van der Waals surface area contributed by atoms with E-state index in [0.29, 0.717) is 0 Å². The van der Waals surface area contributed by atoms with Crippen LogP contribution in [0, 0.1) is 6.92 Å². The van der Waals surface area contributed by atoms with Crippen LogP contribution in [-0.2, 0) is 0 Å². The van der Waals surface area contributed by atoms with Crippen LogP contribution in [0.15, 0.2) is 53.5 Å². The van der Waals surface area contributed by atoms with Crippen LogP contribution in [0.4, 0.5) is 5.69 Å². The smallest absolute Gasteiger partial charge is 0.229 e. The number of benzene rings is 2. The number of rotatable bonds is 4. The minimum Gasteiger partial charge on any atom is -0.546 e. The average molecular weight is 339 g/mol. The fraction of sp³-hybridized carbons (Fsp3) is 0.350. The zero-order valence-electron chi connectivity index (χ0n) is 14.8. The van der Waals surface area contributed by atoms with Gasteiger partial charge in [0.1, 0.15) is 17.3 Å². The summed E-state index contributed by atoms with van der Waals surface area (Å²) in [5.74, 6) is 1.98. The maximum absolute atomic E-state index is 6.11. The minimum atomic E-state index is -1.17. The van der Waals surface area contributed by atoms with E-state index in [1.807, 2.05) is 0 Å². The molecule has 2 aromatic rings. The zero-order valence-corrected chi connectivity index (χ0v) is 16.0. The van der Waals surface area contributed by atoms with Gasteiger partial charge in [0.2, 0.25) is 9.04 Å². The lowest BCUT2D eigenvalue weighted by Gasteiger charge is -2.21. The second-order valence-corrected chi connectivity index (χ2v) is 8.97. The molecule has 0 spiro atoms. The van der Waals surface area contributed by atoms with Crippen molar-refractivity contribution in [2.75, 3.05) is 13.1 Å². The summed E-state index contributed by atoms with van der Waals surface area (Å²) in [6, 6.07) is 16.8. The molecule has 2 aromatic carbocycles. The van der Waals surface area contributed by atoms with Gasteiger partial charge >= 0.3 is 0 Å². The van der Waals surface area contributed by atoms with E-state index in [-0.39, 0.29) is 0 Å². The van der Waals surface area contributed by atoms with Gasteiger partial charge in [-0.25, -0.2) is 4.99 Å².